The van der Waals surface area contributed by atoms with E-state index in [-0.39, 0.29) is 6.04 Å². The van der Waals surface area contributed by atoms with Gasteiger partial charge in [-0.1, -0.05) is 42.5 Å². The number of rotatable bonds is 5. The van der Waals surface area contributed by atoms with Crippen LogP contribution in [0.25, 0.3) is 10.8 Å². The van der Waals surface area contributed by atoms with Gasteiger partial charge in [-0.05, 0) is 63.3 Å². The molecular weight excluding hydrogens is 514 g/mol. The lowest BCUT2D eigenvalue weighted by Crippen LogP contribution is -2.48. The van der Waals surface area contributed by atoms with E-state index in [1.165, 1.54) is 4.31 Å². The third-order valence-corrected chi connectivity index (χ3v) is 7.30. The predicted octanol–water partition coefficient (Wildman–Crippen LogP) is 5.64. The summed E-state index contributed by atoms with van der Waals surface area (Å²) < 4.78 is 32.8. The van der Waals surface area contributed by atoms with Gasteiger partial charge in [-0.25, -0.2) is 9.21 Å². The van der Waals surface area contributed by atoms with Crippen molar-refractivity contribution >= 4 is 57.2 Å². The first-order valence-corrected chi connectivity index (χ1v) is 13.4. The number of para-hydroxylation sites is 1. The molecule has 0 spiro atoms. The molecule has 0 radical (unpaired) electrons. The third-order valence-electron chi connectivity index (χ3n) is 6.14. The number of hydrogen-bond donors (Lipinski definition) is 0. The molecule has 3 aromatic carbocycles. The molecule has 1 atom stereocenters. The van der Waals surface area contributed by atoms with Gasteiger partial charge in [0.25, 0.3) is 5.91 Å². The summed E-state index contributed by atoms with van der Waals surface area (Å²) in [4.78, 5) is 27.3. The molecule has 2 amide bonds. The summed E-state index contributed by atoms with van der Waals surface area (Å²) in [6.45, 7) is 6.18. The maximum absolute atomic E-state index is 13.3. The zero-order chi connectivity index (χ0) is 26.7. The normalized spacial score (nSPS) is 15.3. The molecule has 8 nitrogen and oxygen atoms in total. The molecule has 1 heterocycles. The molecule has 4 rings (SSSR count). The second-order valence-corrected chi connectivity index (χ2v) is 11.0. The van der Waals surface area contributed by atoms with Gasteiger partial charge in [0.2, 0.25) is 0 Å². The molecule has 0 bridgehead atoms. The van der Waals surface area contributed by atoms with E-state index < -0.39 is 28.9 Å². The van der Waals surface area contributed by atoms with Crippen LogP contribution in [0.1, 0.15) is 44.0 Å². The summed E-state index contributed by atoms with van der Waals surface area (Å²) in [5, 5.41) is 1.21. The zero-order valence-corrected chi connectivity index (χ0v) is 22.5. The Morgan fingerprint density at radius 3 is 2.16 bits per heavy atom. The number of piperidine rings is 1. The first-order chi connectivity index (χ1) is 17.6. The number of benzene rings is 3. The Morgan fingerprint density at radius 1 is 0.973 bits per heavy atom. The van der Waals surface area contributed by atoms with Gasteiger partial charge >= 0.3 is 6.09 Å². The minimum Gasteiger partial charge on any atom is -0.755 e. The minimum atomic E-state index is -2.57. The highest BCUT2D eigenvalue weighted by atomic mass is 35.5. The summed E-state index contributed by atoms with van der Waals surface area (Å²) in [6, 6.07) is 18.9. The van der Waals surface area contributed by atoms with E-state index in [2.05, 4.69) is 0 Å². The standard InChI is InChI=1S/C27H30ClN3O5S/c1-27(2,3)36-26(33)29-17-15-20(16-18-29)31(37(34)35)24-14-13-23(21-11-7-8-12-22(21)24)25(32)30(28)19-9-5-4-6-10-19/h4-14,20H,15-18H2,1-3H3,(H,34,35)/p-1. The Balaban J connectivity index is 1.62. The lowest BCUT2D eigenvalue weighted by molar-refractivity contribution is 0.0207. The van der Waals surface area contributed by atoms with E-state index in [4.69, 9.17) is 16.5 Å². The van der Waals surface area contributed by atoms with Crippen molar-refractivity contribution in [3.8, 4) is 0 Å². The van der Waals surface area contributed by atoms with Crippen LogP contribution in [0.5, 0.6) is 0 Å². The van der Waals surface area contributed by atoms with Crippen LogP contribution < -0.4 is 8.72 Å². The van der Waals surface area contributed by atoms with Crippen molar-refractivity contribution < 1.29 is 23.1 Å². The van der Waals surface area contributed by atoms with E-state index in [0.29, 0.717) is 53.6 Å². The lowest BCUT2D eigenvalue weighted by Gasteiger charge is -2.40. The quantitative estimate of drug-likeness (QED) is 0.307. The molecule has 1 unspecified atom stereocenters. The Hall–Kier alpha value is -3.14. The molecule has 0 aliphatic carbocycles. The summed E-state index contributed by atoms with van der Waals surface area (Å²) in [5.74, 6) is -0.420. The van der Waals surface area contributed by atoms with E-state index in [1.54, 1.807) is 65.6 Å². The first kappa shape index (κ1) is 26.9. The average molecular weight is 543 g/mol. The summed E-state index contributed by atoms with van der Waals surface area (Å²) in [7, 11) is 0. The van der Waals surface area contributed by atoms with Crippen LogP contribution >= 0.6 is 11.8 Å². The van der Waals surface area contributed by atoms with Gasteiger partial charge in [0.1, 0.15) is 5.60 Å². The van der Waals surface area contributed by atoms with Crippen molar-refractivity contribution in [3.63, 3.8) is 0 Å². The lowest BCUT2D eigenvalue weighted by atomic mass is 10.00. The monoisotopic (exact) mass is 542 g/mol. The van der Waals surface area contributed by atoms with Gasteiger partial charge in [0, 0.05) is 53.1 Å². The van der Waals surface area contributed by atoms with Gasteiger partial charge in [0.05, 0.1) is 11.4 Å². The fourth-order valence-corrected chi connectivity index (χ4v) is 5.43. The van der Waals surface area contributed by atoms with Crippen molar-refractivity contribution in [1.29, 1.82) is 0 Å². The van der Waals surface area contributed by atoms with Gasteiger partial charge < -0.3 is 14.2 Å². The van der Waals surface area contributed by atoms with Crippen molar-refractivity contribution in [3.05, 3.63) is 72.3 Å². The SMILES string of the molecule is CC(C)(C)OC(=O)N1CCC(N(c2ccc(C(=O)N(Cl)c3ccccc3)c3ccccc23)S(=O)[O-])CC1. The van der Waals surface area contributed by atoms with Crippen molar-refractivity contribution in [2.24, 2.45) is 0 Å². The summed E-state index contributed by atoms with van der Waals surface area (Å²) in [6.07, 6.45) is 0.496. The summed E-state index contributed by atoms with van der Waals surface area (Å²) >= 11 is 3.80. The van der Waals surface area contributed by atoms with Crippen molar-refractivity contribution in [1.82, 2.24) is 4.90 Å². The highest BCUT2D eigenvalue weighted by molar-refractivity contribution is 7.80. The number of carbonyl (C=O) groups is 2. The minimum absolute atomic E-state index is 0.351. The van der Waals surface area contributed by atoms with Crippen LogP contribution in [0.15, 0.2) is 66.7 Å². The average Bonchev–Trinajstić information content (AvgIpc) is 2.88. The Bertz CT molecular complexity index is 1310. The molecule has 1 aliphatic rings. The zero-order valence-electron chi connectivity index (χ0n) is 20.9. The molecule has 37 heavy (non-hydrogen) atoms. The number of carbonyl (C=O) groups excluding carboxylic acids is 2. The molecule has 10 heteroatoms. The number of halogens is 1. The number of anilines is 2. The maximum atomic E-state index is 13.3. The number of amides is 2. The fourth-order valence-electron chi connectivity index (χ4n) is 4.45. The highest BCUT2D eigenvalue weighted by Gasteiger charge is 2.31. The highest BCUT2D eigenvalue weighted by Crippen LogP contribution is 2.35. The Morgan fingerprint density at radius 2 is 1.57 bits per heavy atom. The molecule has 3 aromatic rings. The second kappa shape index (κ2) is 11.1. The number of likely N-dealkylation sites (tertiary alicyclic amines) is 1. The molecule has 1 saturated heterocycles. The van der Waals surface area contributed by atoms with E-state index in [9.17, 15) is 18.4 Å². The molecule has 0 saturated carbocycles. The van der Waals surface area contributed by atoms with E-state index in [1.807, 2.05) is 26.8 Å². The Kier molecular flexibility index (Phi) is 8.06. The van der Waals surface area contributed by atoms with E-state index in [0.717, 1.165) is 4.42 Å². The molecular formula is C27H29ClN3O5S-. The number of nitrogens with zero attached hydrogens (tertiary/aromatic N) is 3. The fraction of sp³-hybridized carbons (Fsp3) is 0.333. The molecule has 0 N–H and O–H groups in total. The predicted molar refractivity (Wildman–Crippen MR) is 145 cm³/mol. The van der Waals surface area contributed by atoms with Gasteiger partial charge in [0.15, 0.2) is 0 Å². The van der Waals surface area contributed by atoms with Crippen LogP contribution in [-0.4, -0.2) is 50.4 Å². The van der Waals surface area contributed by atoms with E-state index >= 15 is 0 Å². The van der Waals surface area contributed by atoms with Crippen LogP contribution in [0.2, 0.25) is 0 Å². The number of ether oxygens (including phenoxy) is 1. The number of fused-ring (bicyclic) bond motifs is 1. The second-order valence-electron chi connectivity index (χ2n) is 9.84. The van der Waals surface area contributed by atoms with Crippen LogP contribution in [0.4, 0.5) is 16.2 Å². The topological polar surface area (TPSA) is 93.2 Å². The molecule has 1 fully saturated rings. The van der Waals surface area contributed by atoms with Gasteiger partial charge in [-0.3, -0.25) is 13.3 Å². The van der Waals surface area contributed by atoms with Gasteiger partial charge in [-0.2, -0.15) is 0 Å². The summed E-state index contributed by atoms with van der Waals surface area (Å²) in [5.41, 5.74) is 0.751. The van der Waals surface area contributed by atoms with Crippen molar-refractivity contribution in [2.75, 3.05) is 21.8 Å². The third kappa shape index (κ3) is 6.06. The molecule has 0 aromatic heterocycles. The molecule has 196 valence electrons. The van der Waals surface area contributed by atoms with Crippen LogP contribution in [0.3, 0.4) is 0 Å². The number of hydrogen-bond acceptors (Lipinski definition) is 5. The molecule has 1 aliphatic heterocycles. The maximum Gasteiger partial charge on any atom is 0.410 e. The smallest absolute Gasteiger partial charge is 0.410 e. The van der Waals surface area contributed by atoms with Crippen LogP contribution in [-0.2, 0) is 16.0 Å². The van der Waals surface area contributed by atoms with Gasteiger partial charge in [-0.15, -0.1) is 0 Å². The van der Waals surface area contributed by atoms with Crippen molar-refractivity contribution in [2.45, 2.75) is 45.3 Å². The van der Waals surface area contributed by atoms with Crippen LogP contribution in [0, 0.1) is 0 Å². The Labute approximate surface area is 224 Å². The largest absolute Gasteiger partial charge is 0.755 e. The first-order valence-electron chi connectivity index (χ1n) is 12.0.